The molecule has 0 N–H and O–H groups in total. The second-order valence-corrected chi connectivity index (χ2v) is 7.74. The molecule has 0 radical (unpaired) electrons. The summed E-state index contributed by atoms with van der Waals surface area (Å²) in [5, 5.41) is 14.9. The lowest BCUT2D eigenvalue weighted by molar-refractivity contribution is -0.128. The van der Waals surface area contributed by atoms with Crippen molar-refractivity contribution in [2.24, 2.45) is 11.8 Å². The van der Waals surface area contributed by atoms with E-state index in [1.165, 1.54) is 25.7 Å². The zero-order chi connectivity index (χ0) is 18.2. The van der Waals surface area contributed by atoms with Gasteiger partial charge in [-0.1, -0.05) is 43.5 Å². The van der Waals surface area contributed by atoms with Gasteiger partial charge in [-0.15, -0.1) is 10.2 Å². The summed E-state index contributed by atoms with van der Waals surface area (Å²) in [4.78, 5) is 14.7. The molecule has 27 heavy (non-hydrogen) atoms. The molecule has 6 nitrogen and oxygen atoms in total. The summed E-state index contributed by atoms with van der Waals surface area (Å²) in [5.41, 5.74) is 0.711. The standard InChI is InChI=1S/C21H23N5O/c27-20(25-12-11-15-5-1-2-7-17(15)14-25)10-9-19-23-24-21-18-8-4-3-6-16(18)13-22-26(19)21/h3-4,6,8-10,13,15,17H,1-2,5,7,11-12,14H2/b10-9+/t15-,17+/m0/s1. The summed E-state index contributed by atoms with van der Waals surface area (Å²) in [6.45, 7) is 1.77. The molecule has 1 amide bonds. The number of fused-ring (bicyclic) bond motifs is 4. The molecule has 1 aliphatic carbocycles. The van der Waals surface area contributed by atoms with Crippen LogP contribution in [0.2, 0.25) is 0 Å². The van der Waals surface area contributed by atoms with Crippen molar-refractivity contribution in [1.82, 2.24) is 24.7 Å². The molecule has 6 heteroatoms. The average Bonchev–Trinajstić information content (AvgIpc) is 3.15. The maximum Gasteiger partial charge on any atom is 0.246 e. The number of carbonyl (C=O) groups is 1. The number of nitrogens with zero attached hydrogens (tertiary/aromatic N) is 5. The lowest BCUT2D eigenvalue weighted by Crippen LogP contribution is -2.44. The van der Waals surface area contributed by atoms with Crippen LogP contribution in [0.25, 0.3) is 22.5 Å². The van der Waals surface area contributed by atoms with Gasteiger partial charge in [-0.25, -0.2) is 0 Å². The number of aromatic nitrogens is 4. The summed E-state index contributed by atoms with van der Waals surface area (Å²) in [6.07, 6.45) is 11.6. The number of piperidine rings is 1. The first-order valence-electron chi connectivity index (χ1n) is 9.86. The van der Waals surface area contributed by atoms with E-state index in [0.717, 1.165) is 36.2 Å². The van der Waals surface area contributed by atoms with Crippen molar-refractivity contribution in [3.8, 4) is 0 Å². The van der Waals surface area contributed by atoms with E-state index < -0.39 is 0 Å². The normalized spacial score (nSPS) is 23.2. The highest BCUT2D eigenvalue weighted by atomic mass is 16.2. The van der Waals surface area contributed by atoms with E-state index in [-0.39, 0.29) is 5.91 Å². The highest BCUT2D eigenvalue weighted by Gasteiger charge is 2.32. The maximum atomic E-state index is 12.7. The van der Waals surface area contributed by atoms with Crippen LogP contribution in [0.1, 0.15) is 37.9 Å². The van der Waals surface area contributed by atoms with Gasteiger partial charge in [0.05, 0.1) is 6.20 Å². The van der Waals surface area contributed by atoms with E-state index in [2.05, 4.69) is 15.3 Å². The Morgan fingerprint density at radius 1 is 1.07 bits per heavy atom. The number of likely N-dealkylation sites (tertiary alicyclic amines) is 1. The lowest BCUT2D eigenvalue weighted by atomic mass is 9.75. The van der Waals surface area contributed by atoms with E-state index in [1.54, 1.807) is 22.9 Å². The molecular formula is C21H23N5O. The molecule has 1 aliphatic heterocycles. The van der Waals surface area contributed by atoms with Gasteiger partial charge in [0, 0.05) is 29.9 Å². The van der Waals surface area contributed by atoms with Gasteiger partial charge in [0.2, 0.25) is 5.91 Å². The smallest absolute Gasteiger partial charge is 0.246 e. The van der Waals surface area contributed by atoms with Gasteiger partial charge < -0.3 is 4.90 Å². The second kappa shape index (κ2) is 6.76. The van der Waals surface area contributed by atoms with Crippen LogP contribution >= 0.6 is 0 Å². The van der Waals surface area contributed by atoms with Crippen LogP contribution in [0.5, 0.6) is 0 Å². The molecule has 0 bridgehead atoms. The predicted molar refractivity (Wildman–Crippen MR) is 104 cm³/mol. The first-order valence-corrected chi connectivity index (χ1v) is 9.86. The van der Waals surface area contributed by atoms with Crippen molar-refractivity contribution >= 4 is 28.4 Å². The Bertz CT molecular complexity index is 1020. The van der Waals surface area contributed by atoms with Gasteiger partial charge in [-0.2, -0.15) is 9.61 Å². The largest absolute Gasteiger partial charge is 0.339 e. The third-order valence-electron chi connectivity index (χ3n) is 6.16. The fraction of sp³-hybridized carbons (Fsp3) is 0.429. The third-order valence-corrected chi connectivity index (χ3v) is 6.16. The molecular weight excluding hydrogens is 338 g/mol. The van der Waals surface area contributed by atoms with E-state index in [1.807, 2.05) is 29.2 Å². The van der Waals surface area contributed by atoms with Gasteiger partial charge in [-0.05, 0) is 30.8 Å². The lowest BCUT2D eigenvalue weighted by Gasteiger charge is -2.41. The monoisotopic (exact) mass is 361 g/mol. The summed E-state index contributed by atoms with van der Waals surface area (Å²) >= 11 is 0. The molecule has 2 atom stereocenters. The highest BCUT2D eigenvalue weighted by molar-refractivity contribution is 5.94. The van der Waals surface area contributed by atoms with E-state index >= 15 is 0 Å². The predicted octanol–water partition coefficient (Wildman–Crippen LogP) is 3.33. The van der Waals surface area contributed by atoms with E-state index in [0.29, 0.717) is 17.4 Å². The minimum Gasteiger partial charge on any atom is -0.339 e. The molecule has 2 aromatic heterocycles. The molecule has 1 saturated heterocycles. The molecule has 0 spiro atoms. The third kappa shape index (κ3) is 2.99. The summed E-state index contributed by atoms with van der Waals surface area (Å²) in [7, 11) is 0. The number of rotatable bonds is 2. The van der Waals surface area contributed by atoms with Crippen LogP contribution in [-0.4, -0.2) is 43.7 Å². The minimum absolute atomic E-state index is 0.0663. The van der Waals surface area contributed by atoms with Gasteiger partial charge >= 0.3 is 0 Å². The van der Waals surface area contributed by atoms with Gasteiger partial charge in [-0.3, -0.25) is 4.79 Å². The minimum atomic E-state index is 0.0663. The molecule has 1 aromatic carbocycles. The van der Waals surface area contributed by atoms with Gasteiger partial charge in [0.15, 0.2) is 11.5 Å². The number of benzene rings is 1. The number of hydrogen-bond donors (Lipinski definition) is 0. The first kappa shape index (κ1) is 16.4. The van der Waals surface area contributed by atoms with Gasteiger partial charge in [0.1, 0.15) is 0 Å². The Balaban J connectivity index is 1.36. The van der Waals surface area contributed by atoms with E-state index in [9.17, 15) is 4.79 Å². The topological polar surface area (TPSA) is 63.4 Å². The summed E-state index contributed by atoms with van der Waals surface area (Å²) < 4.78 is 1.69. The maximum absolute atomic E-state index is 12.7. The van der Waals surface area contributed by atoms with Crippen molar-refractivity contribution < 1.29 is 4.79 Å². The van der Waals surface area contributed by atoms with Crippen LogP contribution in [0.3, 0.4) is 0 Å². The zero-order valence-corrected chi connectivity index (χ0v) is 15.3. The Kier molecular flexibility index (Phi) is 4.11. The number of hydrogen-bond acceptors (Lipinski definition) is 4. The molecule has 2 fully saturated rings. The molecule has 3 heterocycles. The Morgan fingerprint density at radius 3 is 2.85 bits per heavy atom. The molecule has 2 aliphatic rings. The molecule has 0 unspecified atom stereocenters. The molecule has 1 saturated carbocycles. The fourth-order valence-corrected chi connectivity index (χ4v) is 4.66. The number of carbonyl (C=O) groups excluding carboxylic acids is 1. The Labute approximate surface area is 157 Å². The zero-order valence-electron chi connectivity index (χ0n) is 15.3. The van der Waals surface area contributed by atoms with Crippen LogP contribution in [-0.2, 0) is 4.79 Å². The van der Waals surface area contributed by atoms with Crippen molar-refractivity contribution in [1.29, 1.82) is 0 Å². The first-order chi connectivity index (χ1) is 13.3. The van der Waals surface area contributed by atoms with Crippen LogP contribution < -0.4 is 0 Å². The average molecular weight is 361 g/mol. The number of amides is 1. The van der Waals surface area contributed by atoms with Crippen LogP contribution in [0, 0.1) is 11.8 Å². The highest BCUT2D eigenvalue weighted by Crippen LogP contribution is 2.36. The quantitative estimate of drug-likeness (QED) is 0.657. The molecule has 138 valence electrons. The van der Waals surface area contributed by atoms with Crippen LogP contribution in [0.15, 0.2) is 36.5 Å². The molecule has 5 rings (SSSR count). The van der Waals surface area contributed by atoms with Crippen molar-refractivity contribution in [3.05, 3.63) is 42.4 Å². The summed E-state index contributed by atoms with van der Waals surface area (Å²) in [6, 6.07) is 7.97. The molecule has 3 aromatic rings. The van der Waals surface area contributed by atoms with Gasteiger partial charge in [0.25, 0.3) is 0 Å². The fourth-order valence-electron chi connectivity index (χ4n) is 4.66. The van der Waals surface area contributed by atoms with Crippen molar-refractivity contribution in [2.75, 3.05) is 13.1 Å². The van der Waals surface area contributed by atoms with Crippen molar-refractivity contribution in [2.45, 2.75) is 32.1 Å². The Morgan fingerprint density at radius 2 is 1.93 bits per heavy atom. The summed E-state index contributed by atoms with van der Waals surface area (Å²) in [5.74, 6) is 2.16. The van der Waals surface area contributed by atoms with Crippen LogP contribution in [0.4, 0.5) is 0 Å². The van der Waals surface area contributed by atoms with Crippen molar-refractivity contribution in [3.63, 3.8) is 0 Å². The second-order valence-electron chi connectivity index (χ2n) is 7.74. The Hall–Kier alpha value is -2.76. The van der Waals surface area contributed by atoms with E-state index in [4.69, 9.17) is 0 Å². The SMILES string of the molecule is O=C(/C=C/c1nnc2c3ccccc3cnn12)N1CC[C@@H]2CCCC[C@@H]2C1.